The molecule has 0 aromatic carbocycles. The van der Waals surface area contributed by atoms with Crippen molar-refractivity contribution >= 4 is 24.1 Å². The minimum Gasteiger partial charge on any atom is -0.354 e. The molecular weight excluding hydrogens is 136 g/mol. The van der Waals surface area contributed by atoms with Gasteiger partial charge in [0.2, 0.25) is 0 Å². The Bertz CT molecular complexity index is 438. The molecule has 11 heavy (non-hydrogen) atoms. The van der Waals surface area contributed by atoms with Crippen molar-refractivity contribution < 1.29 is 0 Å². The average molecular weight is 144 g/mol. The Morgan fingerprint density at radius 2 is 2.09 bits per heavy atom. The minimum atomic E-state index is 0.839. The lowest BCUT2D eigenvalue weighted by molar-refractivity contribution is 1.29. The molecule has 0 amide bonds. The van der Waals surface area contributed by atoms with Crippen molar-refractivity contribution in [3.63, 3.8) is 0 Å². The fourth-order valence-electron chi connectivity index (χ4n) is 1.20. The van der Waals surface area contributed by atoms with Gasteiger partial charge in [0.15, 0.2) is 0 Å². The third-order valence-corrected chi connectivity index (χ3v) is 1.72. The van der Waals surface area contributed by atoms with Crippen LogP contribution in [-0.4, -0.2) is 9.97 Å². The second-order valence-corrected chi connectivity index (χ2v) is 2.48. The zero-order valence-corrected chi connectivity index (χ0v) is 6.09. The van der Waals surface area contributed by atoms with Crippen molar-refractivity contribution in [3.8, 4) is 0 Å². The summed E-state index contributed by atoms with van der Waals surface area (Å²) in [4.78, 5) is 7.20. The van der Waals surface area contributed by atoms with Crippen LogP contribution in [0.4, 0.5) is 0 Å². The van der Waals surface area contributed by atoms with Gasteiger partial charge in [0.05, 0.1) is 10.9 Å². The number of rotatable bonds is 0. The zero-order chi connectivity index (χ0) is 7.84. The quantitative estimate of drug-likeness (QED) is 0.569. The molecule has 0 aliphatic heterocycles. The number of nitrogens with one attached hydrogen (secondary N) is 1. The van der Waals surface area contributed by atoms with Crippen molar-refractivity contribution in [2.24, 2.45) is 0 Å². The first-order chi connectivity index (χ1) is 5.29. The van der Waals surface area contributed by atoms with Crippen LogP contribution < -0.4 is 10.7 Å². The van der Waals surface area contributed by atoms with Crippen LogP contribution in [0.1, 0.15) is 0 Å². The second-order valence-electron chi connectivity index (χ2n) is 2.48. The number of aromatic nitrogens is 2. The van der Waals surface area contributed by atoms with Gasteiger partial charge in [0, 0.05) is 16.9 Å². The molecule has 2 nitrogen and oxygen atoms in total. The molecule has 2 aromatic rings. The van der Waals surface area contributed by atoms with E-state index in [1.54, 1.807) is 6.20 Å². The minimum absolute atomic E-state index is 0.839. The Balaban J connectivity index is 3.20. The Morgan fingerprint density at radius 3 is 2.82 bits per heavy atom. The number of fused-ring (bicyclic) bond motifs is 1. The first kappa shape index (κ1) is 6.16. The van der Waals surface area contributed by atoms with Crippen molar-refractivity contribution in [2.75, 3.05) is 0 Å². The van der Waals surface area contributed by atoms with E-state index in [2.05, 4.69) is 23.1 Å². The van der Waals surface area contributed by atoms with E-state index in [9.17, 15) is 0 Å². The van der Waals surface area contributed by atoms with Crippen LogP contribution in [0.3, 0.4) is 0 Å². The predicted molar refractivity (Wildman–Crippen MR) is 46.4 cm³/mol. The molecule has 0 aliphatic rings. The molecule has 2 rings (SSSR count). The lowest BCUT2D eigenvalue weighted by Crippen LogP contribution is -2.05. The van der Waals surface area contributed by atoms with E-state index in [-0.39, 0.29) is 0 Å². The van der Waals surface area contributed by atoms with Gasteiger partial charge < -0.3 is 4.98 Å². The summed E-state index contributed by atoms with van der Waals surface area (Å²) in [5, 5.41) is 2.78. The summed E-state index contributed by atoms with van der Waals surface area (Å²) in [6.45, 7) is 7.65. The first-order valence-corrected chi connectivity index (χ1v) is 3.39. The van der Waals surface area contributed by atoms with Gasteiger partial charge in [-0.05, 0) is 12.1 Å². The maximum absolute atomic E-state index is 4.17. The van der Waals surface area contributed by atoms with E-state index in [1.807, 2.05) is 12.1 Å². The molecular formula is C9H8N2. The summed E-state index contributed by atoms with van der Waals surface area (Å²) in [7, 11) is 0. The van der Waals surface area contributed by atoms with Gasteiger partial charge in [-0.25, -0.2) is 0 Å². The Labute approximate surface area is 63.9 Å². The van der Waals surface area contributed by atoms with Crippen LogP contribution >= 0.6 is 0 Å². The highest BCUT2D eigenvalue weighted by Gasteiger charge is 1.95. The van der Waals surface area contributed by atoms with Crippen LogP contribution in [0, 0.1) is 0 Å². The summed E-state index contributed by atoms with van der Waals surface area (Å²) in [6.07, 6.45) is 1.75. The van der Waals surface area contributed by atoms with E-state index in [1.165, 1.54) is 0 Å². The van der Waals surface area contributed by atoms with Gasteiger partial charge in [-0.3, -0.25) is 4.98 Å². The van der Waals surface area contributed by atoms with Crippen molar-refractivity contribution in [1.29, 1.82) is 0 Å². The summed E-state index contributed by atoms with van der Waals surface area (Å²) in [5.41, 5.74) is 0.914. The van der Waals surface area contributed by atoms with Crippen LogP contribution in [0.2, 0.25) is 0 Å². The zero-order valence-electron chi connectivity index (χ0n) is 6.09. The van der Waals surface area contributed by atoms with Crippen LogP contribution in [0.25, 0.3) is 24.1 Å². The third-order valence-electron chi connectivity index (χ3n) is 1.72. The van der Waals surface area contributed by atoms with Gasteiger partial charge in [-0.15, -0.1) is 0 Å². The molecule has 0 saturated carbocycles. The van der Waals surface area contributed by atoms with Crippen molar-refractivity contribution in [3.05, 3.63) is 29.0 Å². The van der Waals surface area contributed by atoms with E-state index in [4.69, 9.17) is 0 Å². The first-order valence-electron chi connectivity index (χ1n) is 3.39. The smallest absolute Gasteiger partial charge is 0.0951 e. The molecule has 0 atom stereocenters. The summed E-state index contributed by atoms with van der Waals surface area (Å²) >= 11 is 0. The maximum atomic E-state index is 4.17. The molecule has 0 spiro atoms. The monoisotopic (exact) mass is 144 g/mol. The summed E-state index contributed by atoms with van der Waals surface area (Å²) in [5.74, 6) is 0. The number of H-pyrrole nitrogens is 1. The molecule has 2 heteroatoms. The van der Waals surface area contributed by atoms with Crippen molar-refractivity contribution in [1.82, 2.24) is 9.97 Å². The molecule has 0 radical (unpaired) electrons. The number of hydrogen-bond donors (Lipinski definition) is 1. The lowest BCUT2D eigenvalue weighted by atomic mass is 10.3. The fraction of sp³-hybridized carbons (Fsp3) is 0. The van der Waals surface area contributed by atoms with E-state index >= 15 is 0 Å². The standard InChI is InChI=1S/C9H8N2/c1-6-8-4-3-5-10-9(8)7(2)11-6/h3-5,11H,1-2H2. The fourth-order valence-corrected chi connectivity index (χ4v) is 1.20. The molecule has 0 bridgehead atoms. The molecule has 2 heterocycles. The second kappa shape index (κ2) is 1.95. The lowest BCUT2D eigenvalue weighted by Gasteiger charge is -1.83. The average Bonchev–Trinajstić information content (AvgIpc) is 2.30. The molecule has 0 fully saturated rings. The Morgan fingerprint density at radius 1 is 1.27 bits per heavy atom. The van der Waals surface area contributed by atoms with E-state index in [0.717, 1.165) is 21.6 Å². The molecule has 0 aliphatic carbocycles. The highest BCUT2D eigenvalue weighted by atomic mass is 14.8. The van der Waals surface area contributed by atoms with Gasteiger partial charge in [0.1, 0.15) is 0 Å². The molecule has 54 valence electrons. The third kappa shape index (κ3) is 0.759. The Hall–Kier alpha value is -1.57. The predicted octanol–water partition coefficient (Wildman–Crippen LogP) is 0.383. The van der Waals surface area contributed by atoms with Gasteiger partial charge >= 0.3 is 0 Å². The van der Waals surface area contributed by atoms with E-state index < -0.39 is 0 Å². The van der Waals surface area contributed by atoms with Gasteiger partial charge in [-0.2, -0.15) is 0 Å². The Kier molecular flexibility index (Phi) is 1.09. The SMILES string of the molecule is C=c1[nH]c(=C)c2ncccc12. The van der Waals surface area contributed by atoms with Gasteiger partial charge in [0.25, 0.3) is 0 Å². The highest BCUT2D eigenvalue weighted by molar-refractivity contribution is 5.78. The van der Waals surface area contributed by atoms with Crippen LogP contribution in [0.15, 0.2) is 18.3 Å². The van der Waals surface area contributed by atoms with Crippen molar-refractivity contribution in [2.45, 2.75) is 0 Å². The molecule has 0 saturated heterocycles. The van der Waals surface area contributed by atoms with Gasteiger partial charge in [-0.1, -0.05) is 13.2 Å². The normalized spacial score (nSPS) is 10.5. The summed E-state index contributed by atoms with van der Waals surface area (Å²) in [6, 6.07) is 3.88. The largest absolute Gasteiger partial charge is 0.354 e. The maximum Gasteiger partial charge on any atom is 0.0951 e. The number of pyridine rings is 1. The van der Waals surface area contributed by atoms with Crippen LogP contribution in [0.5, 0.6) is 0 Å². The molecule has 0 unspecified atom stereocenters. The molecule has 2 aromatic heterocycles. The highest BCUT2D eigenvalue weighted by Crippen LogP contribution is 1.97. The van der Waals surface area contributed by atoms with Crippen LogP contribution in [-0.2, 0) is 0 Å². The molecule has 1 N–H and O–H groups in total. The topological polar surface area (TPSA) is 28.7 Å². The number of aromatic amines is 1. The number of hydrogen-bond acceptors (Lipinski definition) is 1. The summed E-state index contributed by atoms with van der Waals surface area (Å²) < 4.78 is 0. The van der Waals surface area contributed by atoms with E-state index in [0.29, 0.717) is 0 Å². The number of nitrogens with zero attached hydrogens (tertiary/aromatic N) is 1.